The van der Waals surface area contributed by atoms with Crippen molar-refractivity contribution in [2.24, 2.45) is 10.9 Å². The molecule has 2 nitrogen and oxygen atoms in total. The van der Waals surface area contributed by atoms with Gasteiger partial charge in [-0.15, -0.1) is 0 Å². The number of hydrogen-bond donors (Lipinski definition) is 2. The number of rotatable bonds is 3. The van der Waals surface area contributed by atoms with E-state index >= 15 is 0 Å². The lowest BCUT2D eigenvalue weighted by Gasteiger charge is -2.00. The van der Waals surface area contributed by atoms with Crippen LogP contribution in [0.1, 0.15) is 6.92 Å². The van der Waals surface area contributed by atoms with E-state index in [9.17, 15) is 0 Å². The zero-order chi connectivity index (χ0) is 7.98. The van der Waals surface area contributed by atoms with Crippen LogP contribution in [0.2, 0.25) is 0 Å². The zero-order valence-corrected chi connectivity index (χ0v) is 6.82. The van der Waals surface area contributed by atoms with Crippen LogP contribution in [0, 0.1) is 0 Å². The van der Waals surface area contributed by atoms with Crippen molar-refractivity contribution in [3.63, 3.8) is 0 Å². The Kier molecular flexibility index (Phi) is 4.80. The van der Waals surface area contributed by atoms with Crippen LogP contribution in [0.25, 0.3) is 0 Å². The summed E-state index contributed by atoms with van der Waals surface area (Å²) in [6, 6.07) is 0. The summed E-state index contributed by atoms with van der Waals surface area (Å²) >= 11 is 1.12. The molecule has 0 aromatic heterocycles. The van der Waals surface area contributed by atoms with Gasteiger partial charge >= 0.3 is 0 Å². The predicted molar refractivity (Wildman–Crippen MR) is 48.0 cm³/mol. The summed E-state index contributed by atoms with van der Waals surface area (Å²) in [5.74, 6) is 0. The van der Waals surface area contributed by atoms with Gasteiger partial charge in [0.25, 0.3) is 0 Å². The molecule has 10 heavy (non-hydrogen) atoms. The SMILES string of the molecule is C=C/C=C(SN)\C(N)=C/C. The van der Waals surface area contributed by atoms with Crippen LogP contribution in [0.15, 0.2) is 35.4 Å². The van der Waals surface area contributed by atoms with Crippen molar-refractivity contribution in [1.29, 1.82) is 0 Å². The van der Waals surface area contributed by atoms with Crippen LogP contribution < -0.4 is 10.9 Å². The average Bonchev–Trinajstić information content (AvgIpc) is 1.99. The number of nitrogens with two attached hydrogens (primary N) is 2. The van der Waals surface area contributed by atoms with Crippen molar-refractivity contribution in [1.82, 2.24) is 0 Å². The molecule has 0 rings (SSSR count). The molecule has 0 unspecified atom stereocenters. The summed E-state index contributed by atoms with van der Waals surface area (Å²) < 4.78 is 0. The quantitative estimate of drug-likeness (QED) is 0.481. The largest absolute Gasteiger partial charge is 0.398 e. The van der Waals surface area contributed by atoms with Gasteiger partial charge in [-0.05, 0) is 24.9 Å². The normalized spacial score (nSPS) is 13.4. The highest BCUT2D eigenvalue weighted by Crippen LogP contribution is 2.13. The summed E-state index contributed by atoms with van der Waals surface area (Å²) in [5, 5.41) is 5.32. The number of allylic oxidation sites excluding steroid dienone is 3. The van der Waals surface area contributed by atoms with Gasteiger partial charge < -0.3 is 5.73 Å². The lowest BCUT2D eigenvalue weighted by Crippen LogP contribution is -1.99. The van der Waals surface area contributed by atoms with Crippen LogP contribution in [-0.2, 0) is 0 Å². The molecule has 56 valence electrons. The van der Waals surface area contributed by atoms with Crippen LogP contribution in [-0.4, -0.2) is 0 Å². The van der Waals surface area contributed by atoms with E-state index < -0.39 is 0 Å². The Morgan fingerprint density at radius 3 is 2.50 bits per heavy atom. The molecule has 0 heterocycles. The molecule has 0 bridgehead atoms. The van der Waals surface area contributed by atoms with E-state index in [-0.39, 0.29) is 0 Å². The molecule has 0 saturated carbocycles. The standard InChI is InChI=1S/C7H12N2S/c1-3-5-7(10-9)6(8)4-2/h3-5H,1,8-9H2,2H3/b6-4+,7-5+. The topological polar surface area (TPSA) is 52.0 Å². The molecule has 0 aromatic rings. The van der Waals surface area contributed by atoms with E-state index in [2.05, 4.69) is 6.58 Å². The number of hydrogen-bond acceptors (Lipinski definition) is 3. The summed E-state index contributed by atoms with van der Waals surface area (Å²) in [7, 11) is 0. The fourth-order valence-corrected chi connectivity index (χ4v) is 0.882. The molecule has 3 heteroatoms. The highest BCUT2D eigenvalue weighted by Gasteiger charge is 1.94. The molecule has 0 aliphatic carbocycles. The Balaban J connectivity index is 4.35. The van der Waals surface area contributed by atoms with E-state index in [1.165, 1.54) is 0 Å². The third-order valence-corrected chi connectivity index (χ3v) is 1.62. The minimum Gasteiger partial charge on any atom is -0.398 e. The first-order chi connectivity index (χ1) is 4.76. The summed E-state index contributed by atoms with van der Waals surface area (Å²) in [4.78, 5) is 0.845. The first kappa shape index (κ1) is 9.33. The van der Waals surface area contributed by atoms with E-state index in [1.807, 2.05) is 6.92 Å². The lowest BCUT2D eigenvalue weighted by atomic mass is 10.3. The van der Waals surface area contributed by atoms with Crippen LogP contribution in [0.5, 0.6) is 0 Å². The van der Waals surface area contributed by atoms with Crippen molar-refractivity contribution >= 4 is 11.9 Å². The molecule has 0 atom stereocenters. The summed E-state index contributed by atoms with van der Waals surface area (Å²) in [6.45, 7) is 5.40. The zero-order valence-electron chi connectivity index (χ0n) is 6.00. The van der Waals surface area contributed by atoms with Gasteiger partial charge in [0, 0.05) is 10.6 Å². The minimum absolute atomic E-state index is 0.687. The Labute approximate surface area is 65.8 Å². The second-order valence-electron chi connectivity index (χ2n) is 1.63. The maximum Gasteiger partial charge on any atom is 0.0451 e. The molecule has 0 radical (unpaired) electrons. The van der Waals surface area contributed by atoms with Crippen molar-refractivity contribution in [2.75, 3.05) is 0 Å². The second-order valence-corrected chi connectivity index (χ2v) is 2.30. The molecular weight excluding hydrogens is 144 g/mol. The average molecular weight is 156 g/mol. The van der Waals surface area contributed by atoms with Crippen LogP contribution in [0.4, 0.5) is 0 Å². The lowest BCUT2D eigenvalue weighted by molar-refractivity contribution is 1.38. The van der Waals surface area contributed by atoms with Gasteiger partial charge in [-0.25, -0.2) is 0 Å². The molecule has 4 N–H and O–H groups in total. The van der Waals surface area contributed by atoms with Crippen LogP contribution in [0.3, 0.4) is 0 Å². The maximum atomic E-state index is 5.56. The van der Waals surface area contributed by atoms with E-state index in [4.69, 9.17) is 10.9 Å². The highest BCUT2D eigenvalue weighted by molar-refractivity contribution is 8.01. The Morgan fingerprint density at radius 1 is 1.60 bits per heavy atom. The predicted octanol–water partition coefficient (Wildman–Crippen LogP) is 1.53. The summed E-state index contributed by atoms with van der Waals surface area (Å²) in [5.41, 5.74) is 6.25. The molecule has 0 saturated heterocycles. The van der Waals surface area contributed by atoms with Gasteiger partial charge in [-0.2, -0.15) is 0 Å². The maximum absolute atomic E-state index is 5.56. The first-order valence-corrected chi connectivity index (χ1v) is 3.75. The van der Waals surface area contributed by atoms with Gasteiger partial charge in [0.1, 0.15) is 0 Å². The fraction of sp³-hybridized carbons (Fsp3) is 0.143. The van der Waals surface area contributed by atoms with Crippen molar-refractivity contribution in [2.45, 2.75) is 6.92 Å². The molecule has 0 aliphatic heterocycles. The van der Waals surface area contributed by atoms with Crippen molar-refractivity contribution < 1.29 is 0 Å². The van der Waals surface area contributed by atoms with Gasteiger partial charge in [0.05, 0.1) is 0 Å². The monoisotopic (exact) mass is 156 g/mol. The molecule has 0 spiro atoms. The second kappa shape index (κ2) is 5.14. The van der Waals surface area contributed by atoms with Crippen molar-refractivity contribution in [3.05, 3.63) is 35.4 Å². The third kappa shape index (κ3) is 2.75. The molecule has 0 fully saturated rings. The van der Waals surface area contributed by atoms with E-state index in [1.54, 1.807) is 18.2 Å². The van der Waals surface area contributed by atoms with Gasteiger partial charge in [-0.1, -0.05) is 18.7 Å². The Morgan fingerprint density at radius 2 is 2.20 bits per heavy atom. The smallest absolute Gasteiger partial charge is 0.0451 e. The molecular formula is C7H12N2S. The highest BCUT2D eigenvalue weighted by atomic mass is 32.2. The van der Waals surface area contributed by atoms with Crippen LogP contribution >= 0.6 is 11.9 Å². The minimum atomic E-state index is 0.687. The molecule has 0 aliphatic rings. The molecule has 0 aromatic carbocycles. The van der Waals surface area contributed by atoms with Gasteiger partial charge in [-0.3, -0.25) is 5.14 Å². The third-order valence-electron chi connectivity index (χ3n) is 0.992. The van der Waals surface area contributed by atoms with E-state index in [0.29, 0.717) is 5.70 Å². The molecule has 0 amide bonds. The summed E-state index contributed by atoms with van der Waals surface area (Å²) in [6.07, 6.45) is 5.24. The van der Waals surface area contributed by atoms with E-state index in [0.717, 1.165) is 16.9 Å². The van der Waals surface area contributed by atoms with Gasteiger partial charge in [0.2, 0.25) is 0 Å². The Bertz CT molecular complexity index is 170. The van der Waals surface area contributed by atoms with Crippen molar-refractivity contribution in [3.8, 4) is 0 Å². The fourth-order valence-electron chi connectivity index (χ4n) is 0.453. The Hall–Kier alpha value is -0.670. The van der Waals surface area contributed by atoms with Gasteiger partial charge in [0.15, 0.2) is 0 Å². The first-order valence-electron chi connectivity index (χ1n) is 2.87.